The van der Waals surface area contributed by atoms with Crippen LogP contribution in [0.4, 0.5) is 5.69 Å². The lowest BCUT2D eigenvalue weighted by Gasteiger charge is -2.11. The highest BCUT2D eigenvalue weighted by atomic mass is 32.2. The number of anilines is 1. The number of nitrogens with one attached hydrogen (secondary N) is 1. The minimum Gasteiger partial charge on any atom is -0.326 e. The lowest BCUT2D eigenvalue weighted by atomic mass is 10.1. The number of nitrogens with zero attached hydrogens (tertiary/aromatic N) is 2. The molecule has 0 spiro atoms. The molecular weight excluding hydrogens is 358 g/mol. The number of thioether (sulfide) groups is 1. The number of Topliss-reactive ketones (excluding diaryl/α,β-unsaturated/α-hetero) is 1. The number of aromatic nitrogens is 2. The molecule has 136 valence electrons. The van der Waals surface area contributed by atoms with Crippen LogP contribution in [0.1, 0.15) is 24.2 Å². The third kappa shape index (κ3) is 5.01. The minimum absolute atomic E-state index is 0.00856. The highest BCUT2D eigenvalue weighted by Crippen LogP contribution is 2.27. The maximum atomic E-state index is 12.7. The average molecular weight is 377 g/mol. The van der Waals surface area contributed by atoms with Gasteiger partial charge in [-0.15, -0.1) is 0 Å². The number of carbonyl (C=O) groups excluding carboxylic acids is 2. The van der Waals surface area contributed by atoms with Crippen molar-refractivity contribution in [1.82, 2.24) is 9.97 Å². The van der Waals surface area contributed by atoms with Crippen molar-refractivity contribution in [3.63, 3.8) is 0 Å². The van der Waals surface area contributed by atoms with Crippen molar-refractivity contribution in [2.75, 3.05) is 5.32 Å². The van der Waals surface area contributed by atoms with Crippen molar-refractivity contribution in [3.8, 4) is 11.3 Å². The second-order valence-electron chi connectivity index (χ2n) is 5.99. The van der Waals surface area contributed by atoms with E-state index in [1.165, 1.54) is 25.0 Å². The number of rotatable bonds is 6. The van der Waals surface area contributed by atoms with Crippen LogP contribution in [-0.2, 0) is 4.79 Å². The molecule has 1 atom stereocenters. The summed E-state index contributed by atoms with van der Waals surface area (Å²) in [4.78, 5) is 32.4. The quantitative estimate of drug-likeness (QED) is 0.390. The van der Waals surface area contributed by atoms with Gasteiger partial charge in [0.25, 0.3) is 0 Å². The molecule has 0 bridgehead atoms. The van der Waals surface area contributed by atoms with E-state index in [2.05, 4.69) is 15.3 Å². The van der Waals surface area contributed by atoms with E-state index in [0.717, 1.165) is 16.3 Å². The maximum Gasteiger partial charge on any atom is 0.221 e. The maximum absolute atomic E-state index is 12.7. The summed E-state index contributed by atoms with van der Waals surface area (Å²) < 4.78 is 0. The van der Waals surface area contributed by atoms with E-state index >= 15 is 0 Å². The third-order valence-corrected chi connectivity index (χ3v) is 4.90. The minimum atomic E-state index is -0.296. The normalized spacial score (nSPS) is 11.6. The van der Waals surface area contributed by atoms with E-state index in [0.29, 0.717) is 11.3 Å². The highest BCUT2D eigenvalue weighted by Gasteiger charge is 2.17. The number of ketones is 1. The molecule has 1 N–H and O–H groups in total. The first-order valence-electron chi connectivity index (χ1n) is 8.49. The summed E-state index contributed by atoms with van der Waals surface area (Å²) in [6.07, 6.45) is 1.52. The lowest BCUT2D eigenvalue weighted by molar-refractivity contribution is -0.114. The van der Waals surface area contributed by atoms with Gasteiger partial charge < -0.3 is 5.32 Å². The molecule has 0 saturated heterocycles. The Bertz CT molecular complexity index is 943. The van der Waals surface area contributed by atoms with Crippen molar-refractivity contribution >= 4 is 29.1 Å². The molecule has 1 aromatic heterocycles. The van der Waals surface area contributed by atoms with Crippen LogP contribution < -0.4 is 5.32 Å². The standard InChI is InChI=1S/C21H19N3O2S/c1-14(21(26)17-8-10-18(11-9-17)24-15(2)25)27-20-12-19(22-13-23-20)16-6-4-3-5-7-16/h3-14H,1-2H3,(H,24,25). The van der Waals surface area contributed by atoms with Gasteiger partial charge in [-0.2, -0.15) is 0 Å². The van der Waals surface area contributed by atoms with Crippen molar-refractivity contribution in [1.29, 1.82) is 0 Å². The van der Waals surface area contributed by atoms with E-state index < -0.39 is 0 Å². The monoisotopic (exact) mass is 377 g/mol. The smallest absolute Gasteiger partial charge is 0.221 e. The fourth-order valence-electron chi connectivity index (χ4n) is 2.56. The first-order valence-corrected chi connectivity index (χ1v) is 9.37. The molecular formula is C21H19N3O2S. The third-order valence-electron chi connectivity index (χ3n) is 3.87. The first-order chi connectivity index (χ1) is 13.0. The molecule has 0 aliphatic rings. The van der Waals surface area contributed by atoms with Crippen LogP contribution in [0, 0.1) is 0 Å². The average Bonchev–Trinajstić information content (AvgIpc) is 2.68. The molecule has 1 unspecified atom stereocenters. The zero-order chi connectivity index (χ0) is 19.2. The Morgan fingerprint density at radius 1 is 1.00 bits per heavy atom. The van der Waals surface area contributed by atoms with Crippen LogP contribution in [0.5, 0.6) is 0 Å². The molecule has 3 aromatic rings. The van der Waals surface area contributed by atoms with Crippen molar-refractivity contribution in [2.24, 2.45) is 0 Å². The van der Waals surface area contributed by atoms with E-state index in [1.807, 2.05) is 43.3 Å². The summed E-state index contributed by atoms with van der Waals surface area (Å²) in [5.41, 5.74) is 3.10. The summed E-state index contributed by atoms with van der Waals surface area (Å²) in [5, 5.41) is 3.14. The summed E-state index contributed by atoms with van der Waals surface area (Å²) in [7, 11) is 0. The van der Waals surface area contributed by atoms with Crippen molar-refractivity contribution in [2.45, 2.75) is 24.1 Å². The molecule has 0 aliphatic carbocycles. The number of hydrogen-bond acceptors (Lipinski definition) is 5. The summed E-state index contributed by atoms with van der Waals surface area (Å²) in [5.74, 6) is -0.134. The summed E-state index contributed by atoms with van der Waals surface area (Å²) in [6, 6.07) is 18.6. The Hall–Kier alpha value is -2.99. The zero-order valence-electron chi connectivity index (χ0n) is 15.0. The van der Waals surface area contributed by atoms with Gasteiger partial charge in [-0.1, -0.05) is 42.1 Å². The predicted molar refractivity (Wildman–Crippen MR) is 108 cm³/mol. The molecule has 27 heavy (non-hydrogen) atoms. The molecule has 1 amide bonds. The van der Waals surface area contributed by atoms with Crippen LogP contribution in [0.3, 0.4) is 0 Å². The Balaban J connectivity index is 1.70. The highest BCUT2D eigenvalue weighted by molar-refractivity contribution is 8.00. The number of hydrogen-bond donors (Lipinski definition) is 1. The molecule has 6 heteroatoms. The lowest BCUT2D eigenvalue weighted by Crippen LogP contribution is -2.14. The van der Waals surface area contributed by atoms with Crippen molar-refractivity contribution in [3.05, 3.63) is 72.6 Å². The van der Waals surface area contributed by atoms with Crippen LogP contribution in [-0.4, -0.2) is 26.9 Å². The number of amides is 1. The molecule has 2 aromatic carbocycles. The van der Waals surface area contributed by atoms with Gasteiger partial charge in [0.05, 0.1) is 10.9 Å². The molecule has 0 saturated carbocycles. The molecule has 0 fully saturated rings. The Morgan fingerprint density at radius 3 is 2.37 bits per heavy atom. The molecule has 0 radical (unpaired) electrons. The molecule has 5 nitrogen and oxygen atoms in total. The molecule has 0 aliphatic heterocycles. The van der Waals surface area contributed by atoms with Gasteiger partial charge in [0.15, 0.2) is 5.78 Å². The van der Waals surface area contributed by atoms with Gasteiger partial charge in [0.1, 0.15) is 11.4 Å². The zero-order valence-corrected chi connectivity index (χ0v) is 15.9. The van der Waals surface area contributed by atoms with Crippen LogP contribution in [0.15, 0.2) is 72.0 Å². The van der Waals surface area contributed by atoms with Crippen LogP contribution in [0.2, 0.25) is 0 Å². The summed E-state index contributed by atoms with van der Waals surface area (Å²) in [6.45, 7) is 3.31. The fraction of sp³-hybridized carbons (Fsp3) is 0.143. The Morgan fingerprint density at radius 2 is 1.70 bits per heavy atom. The van der Waals surface area contributed by atoms with Gasteiger partial charge in [0, 0.05) is 23.7 Å². The van der Waals surface area contributed by atoms with Gasteiger partial charge in [-0.3, -0.25) is 9.59 Å². The van der Waals surface area contributed by atoms with E-state index in [-0.39, 0.29) is 16.9 Å². The van der Waals surface area contributed by atoms with Gasteiger partial charge in [-0.25, -0.2) is 9.97 Å². The summed E-state index contributed by atoms with van der Waals surface area (Å²) >= 11 is 1.40. The van der Waals surface area contributed by atoms with E-state index in [9.17, 15) is 9.59 Å². The van der Waals surface area contributed by atoms with E-state index in [4.69, 9.17) is 0 Å². The van der Waals surface area contributed by atoms with E-state index in [1.54, 1.807) is 24.3 Å². The van der Waals surface area contributed by atoms with Crippen LogP contribution >= 0.6 is 11.8 Å². The SMILES string of the molecule is CC(=O)Nc1ccc(C(=O)C(C)Sc2cc(-c3ccccc3)ncn2)cc1. The topological polar surface area (TPSA) is 72.0 Å². The Labute approximate surface area is 162 Å². The second kappa shape index (κ2) is 8.60. The second-order valence-corrected chi connectivity index (χ2v) is 7.35. The number of benzene rings is 2. The van der Waals surface area contributed by atoms with Gasteiger partial charge in [-0.05, 0) is 37.3 Å². The largest absolute Gasteiger partial charge is 0.326 e. The molecule has 1 heterocycles. The van der Waals surface area contributed by atoms with Crippen LogP contribution in [0.25, 0.3) is 11.3 Å². The first kappa shape index (κ1) is 18.8. The Kier molecular flexibility index (Phi) is 5.98. The van der Waals surface area contributed by atoms with Gasteiger partial charge >= 0.3 is 0 Å². The number of carbonyl (C=O) groups is 2. The fourth-order valence-corrected chi connectivity index (χ4v) is 3.45. The van der Waals surface area contributed by atoms with Gasteiger partial charge in [0.2, 0.25) is 5.91 Å². The van der Waals surface area contributed by atoms with Crippen molar-refractivity contribution < 1.29 is 9.59 Å². The molecule has 3 rings (SSSR count). The predicted octanol–water partition coefficient (Wildman–Crippen LogP) is 4.47.